The molecule has 0 spiro atoms. The molecule has 0 saturated heterocycles. The molecular weight excluding hydrogens is 552 g/mol. The maximum Gasteiger partial charge on any atom is 0.264 e. The minimum Gasteiger partial charge on any atom is -0.318 e. The number of rotatable bonds is 8. The Morgan fingerprint density at radius 3 is 2.38 bits per heavy atom. The highest BCUT2D eigenvalue weighted by molar-refractivity contribution is 9.10. The van der Waals surface area contributed by atoms with Crippen LogP contribution in [0.15, 0.2) is 99.4 Å². The van der Waals surface area contributed by atoms with Crippen molar-refractivity contribution in [2.45, 2.75) is 25.7 Å². The van der Waals surface area contributed by atoms with Gasteiger partial charge in [0.15, 0.2) is 0 Å². The van der Waals surface area contributed by atoms with Crippen LogP contribution in [0.5, 0.6) is 0 Å². The zero-order chi connectivity index (χ0) is 26.6. The Morgan fingerprint density at radius 1 is 0.973 bits per heavy atom. The number of nitrogens with one attached hydrogen (secondary N) is 1. The van der Waals surface area contributed by atoms with Crippen LogP contribution in [0.25, 0.3) is 5.69 Å². The van der Waals surface area contributed by atoms with Gasteiger partial charge in [0.05, 0.1) is 16.8 Å². The lowest BCUT2D eigenvalue weighted by Crippen LogP contribution is -2.39. The van der Waals surface area contributed by atoms with Crippen LogP contribution in [0.3, 0.4) is 0 Å². The van der Waals surface area contributed by atoms with Crippen LogP contribution >= 0.6 is 15.9 Å². The molecule has 1 N–H and O–H groups in total. The SMILES string of the molecule is Cc1ccccc1-n1c(C)cc(/C=N/NC(=O)CN(c2cccc(Br)c2)S(=O)(=O)c2ccccc2)c1C. The Balaban J connectivity index is 1.55. The predicted molar refractivity (Wildman–Crippen MR) is 151 cm³/mol. The summed E-state index contributed by atoms with van der Waals surface area (Å²) in [6.07, 6.45) is 1.57. The highest BCUT2D eigenvalue weighted by atomic mass is 79.9. The van der Waals surface area contributed by atoms with Gasteiger partial charge in [-0.05, 0) is 68.8 Å². The number of benzene rings is 3. The number of para-hydroxylation sites is 1. The maximum atomic E-state index is 13.4. The van der Waals surface area contributed by atoms with Crippen molar-refractivity contribution in [3.8, 4) is 5.69 Å². The summed E-state index contributed by atoms with van der Waals surface area (Å²) in [5.41, 5.74) is 7.93. The van der Waals surface area contributed by atoms with Gasteiger partial charge in [-0.1, -0.05) is 58.4 Å². The van der Waals surface area contributed by atoms with E-state index in [0.717, 1.165) is 32.5 Å². The van der Waals surface area contributed by atoms with Crippen LogP contribution in [0.2, 0.25) is 0 Å². The fourth-order valence-corrected chi connectivity index (χ4v) is 5.93. The van der Waals surface area contributed by atoms with E-state index in [9.17, 15) is 13.2 Å². The maximum absolute atomic E-state index is 13.4. The van der Waals surface area contributed by atoms with Crippen molar-refractivity contribution in [1.29, 1.82) is 0 Å². The van der Waals surface area contributed by atoms with Gasteiger partial charge in [-0.2, -0.15) is 5.10 Å². The number of hydrogen-bond acceptors (Lipinski definition) is 4. The predicted octanol–water partition coefficient (Wildman–Crippen LogP) is 5.51. The first kappa shape index (κ1) is 26.4. The van der Waals surface area contributed by atoms with E-state index in [-0.39, 0.29) is 4.90 Å². The molecule has 0 aliphatic rings. The minimum absolute atomic E-state index is 0.0925. The van der Waals surface area contributed by atoms with E-state index in [1.54, 1.807) is 48.7 Å². The Kier molecular flexibility index (Phi) is 7.94. The molecule has 0 bridgehead atoms. The number of nitrogens with zero attached hydrogens (tertiary/aromatic N) is 3. The van der Waals surface area contributed by atoms with Crippen molar-refractivity contribution in [2.75, 3.05) is 10.8 Å². The second kappa shape index (κ2) is 11.1. The van der Waals surface area contributed by atoms with E-state index in [2.05, 4.69) is 50.1 Å². The van der Waals surface area contributed by atoms with Crippen LogP contribution in [0, 0.1) is 20.8 Å². The van der Waals surface area contributed by atoms with E-state index >= 15 is 0 Å². The van der Waals surface area contributed by atoms with Gasteiger partial charge in [0, 0.05) is 27.1 Å². The Labute approximate surface area is 225 Å². The summed E-state index contributed by atoms with van der Waals surface area (Å²) in [5.74, 6) is -0.566. The second-order valence-corrected chi connectivity index (χ2v) is 11.3. The molecule has 1 amide bonds. The molecular formula is C28H27BrN4O3S. The molecule has 0 atom stereocenters. The number of halogens is 1. The van der Waals surface area contributed by atoms with E-state index < -0.39 is 22.5 Å². The number of carbonyl (C=O) groups excluding carboxylic acids is 1. The number of hydrogen-bond donors (Lipinski definition) is 1. The van der Waals surface area contributed by atoms with Gasteiger partial charge in [-0.25, -0.2) is 13.8 Å². The van der Waals surface area contributed by atoms with E-state index in [1.165, 1.54) is 12.1 Å². The van der Waals surface area contributed by atoms with Crippen molar-refractivity contribution in [3.63, 3.8) is 0 Å². The molecule has 4 rings (SSSR count). The number of aryl methyl sites for hydroxylation is 2. The van der Waals surface area contributed by atoms with Gasteiger partial charge in [0.1, 0.15) is 6.54 Å². The Morgan fingerprint density at radius 2 is 1.68 bits per heavy atom. The fraction of sp³-hybridized carbons (Fsp3) is 0.143. The monoisotopic (exact) mass is 578 g/mol. The van der Waals surface area contributed by atoms with Gasteiger partial charge >= 0.3 is 0 Å². The van der Waals surface area contributed by atoms with Crippen LogP contribution in [0.4, 0.5) is 5.69 Å². The zero-order valence-electron chi connectivity index (χ0n) is 20.7. The normalized spacial score (nSPS) is 11.6. The largest absolute Gasteiger partial charge is 0.318 e. The number of amides is 1. The third-order valence-electron chi connectivity index (χ3n) is 5.93. The first-order valence-corrected chi connectivity index (χ1v) is 13.8. The third-order valence-corrected chi connectivity index (χ3v) is 8.22. The molecule has 1 aromatic heterocycles. The summed E-state index contributed by atoms with van der Waals surface area (Å²) in [4.78, 5) is 12.9. The van der Waals surface area contributed by atoms with E-state index in [1.807, 2.05) is 32.0 Å². The average Bonchev–Trinajstić information content (AvgIpc) is 3.16. The highest BCUT2D eigenvalue weighted by Crippen LogP contribution is 2.26. The minimum atomic E-state index is -3.99. The van der Waals surface area contributed by atoms with Crippen LogP contribution in [-0.2, 0) is 14.8 Å². The molecule has 190 valence electrons. The van der Waals surface area contributed by atoms with E-state index in [4.69, 9.17) is 0 Å². The first-order chi connectivity index (χ1) is 17.7. The number of sulfonamides is 1. The summed E-state index contributed by atoms with van der Waals surface area (Å²) in [5, 5.41) is 4.12. The summed E-state index contributed by atoms with van der Waals surface area (Å²) in [6.45, 7) is 5.62. The van der Waals surface area contributed by atoms with E-state index in [0.29, 0.717) is 10.2 Å². The summed E-state index contributed by atoms with van der Waals surface area (Å²) in [6, 6.07) is 24.9. The molecule has 3 aromatic carbocycles. The molecule has 1 heterocycles. The van der Waals surface area contributed by atoms with Gasteiger partial charge in [-0.15, -0.1) is 0 Å². The van der Waals surface area contributed by atoms with Crippen molar-refractivity contribution < 1.29 is 13.2 Å². The number of anilines is 1. The molecule has 0 unspecified atom stereocenters. The molecule has 0 aliphatic heterocycles. The van der Waals surface area contributed by atoms with Crippen molar-refractivity contribution >= 4 is 43.8 Å². The zero-order valence-corrected chi connectivity index (χ0v) is 23.1. The van der Waals surface area contributed by atoms with Gasteiger partial charge in [-0.3, -0.25) is 9.10 Å². The van der Waals surface area contributed by atoms with Gasteiger partial charge in [0.2, 0.25) is 0 Å². The van der Waals surface area contributed by atoms with Crippen LogP contribution < -0.4 is 9.73 Å². The van der Waals surface area contributed by atoms with Crippen molar-refractivity contribution in [3.05, 3.63) is 112 Å². The fourth-order valence-electron chi connectivity index (χ4n) is 4.11. The topological polar surface area (TPSA) is 83.8 Å². The smallest absolute Gasteiger partial charge is 0.264 e. The van der Waals surface area contributed by atoms with Crippen LogP contribution in [-0.4, -0.2) is 31.7 Å². The van der Waals surface area contributed by atoms with Gasteiger partial charge in [0.25, 0.3) is 15.9 Å². The average molecular weight is 580 g/mol. The van der Waals surface area contributed by atoms with Gasteiger partial charge < -0.3 is 4.57 Å². The molecule has 4 aromatic rings. The second-order valence-electron chi connectivity index (χ2n) is 8.55. The van der Waals surface area contributed by atoms with Crippen molar-refractivity contribution in [2.24, 2.45) is 5.10 Å². The third kappa shape index (κ3) is 5.84. The molecule has 0 saturated carbocycles. The lowest BCUT2D eigenvalue weighted by atomic mass is 10.2. The molecule has 0 aliphatic carbocycles. The van der Waals surface area contributed by atoms with Crippen molar-refractivity contribution in [1.82, 2.24) is 9.99 Å². The number of aromatic nitrogens is 1. The number of hydrazone groups is 1. The highest BCUT2D eigenvalue weighted by Gasteiger charge is 2.27. The van der Waals surface area contributed by atoms with Crippen LogP contribution in [0.1, 0.15) is 22.5 Å². The Bertz CT molecular complexity index is 1560. The summed E-state index contributed by atoms with van der Waals surface area (Å²) < 4.78 is 30.7. The standard InChI is InChI=1S/C28H27BrN4O3S/c1-20-10-7-8-15-27(20)33-21(2)16-23(22(33)3)18-30-31-28(34)19-32(25-12-9-11-24(29)17-25)37(35,36)26-13-5-4-6-14-26/h4-18H,19H2,1-3H3,(H,31,34)/b30-18+. The molecule has 0 fully saturated rings. The quantitative estimate of drug-likeness (QED) is 0.221. The molecule has 0 radical (unpaired) electrons. The lowest BCUT2D eigenvalue weighted by molar-refractivity contribution is -0.119. The summed E-state index contributed by atoms with van der Waals surface area (Å²) in [7, 11) is -3.99. The molecule has 9 heteroatoms. The molecule has 37 heavy (non-hydrogen) atoms. The number of carbonyl (C=O) groups is 1. The molecule has 7 nitrogen and oxygen atoms in total. The summed E-state index contributed by atoms with van der Waals surface area (Å²) >= 11 is 3.38. The Hall–Kier alpha value is -3.69. The lowest BCUT2D eigenvalue weighted by Gasteiger charge is -2.23. The first-order valence-electron chi connectivity index (χ1n) is 11.6.